The maximum atomic E-state index is 8.98. The summed E-state index contributed by atoms with van der Waals surface area (Å²) in [5.74, 6) is 0. The molecular formula is C10H20O3. The summed E-state index contributed by atoms with van der Waals surface area (Å²) in [4.78, 5) is 0. The molecule has 1 fully saturated rings. The van der Waals surface area contributed by atoms with E-state index in [1.54, 1.807) is 6.92 Å². The molecule has 0 saturated carbocycles. The lowest BCUT2D eigenvalue weighted by atomic mass is 10.2. The first kappa shape index (κ1) is 11.0. The monoisotopic (exact) mass is 188 g/mol. The van der Waals surface area contributed by atoms with Crippen molar-refractivity contribution in [3.05, 3.63) is 0 Å². The van der Waals surface area contributed by atoms with Crippen molar-refractivity contribution in [2.45, 2.75) is 44.8 Å². The molecule has 3 nitrogen and oxygen atoms in total. The van der Waals surface area contributed by atoms with Crippen molar-refractivity contribution in [2.24, 2.45) is 0 Å². The normalized spacial score (nSPS) is 24.9. The number of ether oxygens (including phenoxy) is 2. The summed E-state index contributed by atoms with van der Waals surface area (Å²) < 4.78 is 10.8. The van der Waals surface area contributed by atoms with Gasteiger partial charge in [-0.15, -0.1) is 0 Å². The molecule has 1 saturated heterocycles. The maximum Gasteiger partial charge on any atom is 0.0809 e. The zero-order valence-corrected chi connectivity index (χ0v) is 8.37. The van der Waals surface area contributed by atoms with Crippen LogP contribution in [0.4, 0.5) is 0 Å². The second kappa shape index (κ2) is 6.35. The average Bonchev–Trinajstić information content (AvgIpc) is 2.55. The number of hydrogen-bond donors (Lipinski definition) is 1. The summed E-state index contributed by atoms with van der Waals surface area (Å²) >= 11 is 0. The second-order valence-electron chi connectivity index (χ2n) is 3.70. The summed E-state index contributed by atoms with van der Waals surface area (Å²) in [6.07, 6.45) is 4.19. The smallest absolute Gasteiger partial charge is 0.0809 e. The Kier molecular flexibility index (Phi) is 5.35. The van der Waals surface area contributed by atoms with Gasteiger partial charge < -0.3 is 14.6 Å². The van der Waals surface area contributed by atoms with Gasteiger partial charge in [0.2, 0.25) is 0 Å². The van der Waals surface area contributed by atoms with Gasteiger partial charge in [0.1, 0.15) is 0 Å². The molecule has 0 amide bonds. The minimum absolute atomic E-state index is 0.202. The highest BCUT2D eigenvalue weighted by molar-refractivity contribution is 4.63. The molecule has 78 valence electrons. The van der Waals surface area contributed by atoms with Crippen LogP contribution in [0.1, 0.15) is 32.6 Å². The third-order valence-electron chi connectivity index (χ3n) is 2.24. The van der Waals surface area contributed by atoms with Crippen molar-refractivity contribution in [1.29, 1.82) is 0 Å². The molecule has 1 aliphatic heterocycles. The summed E-state index contributed by atoms with van der Waals surface area (Å²) in [5, 5.41) is 8.98. The van der Waals surface area contributed by atoms with E-state index in [0.29, 0.717) is 6.10 Å². The van der Waals surface area contributed by atoms with E-state index in [-0.39, 0.29) is 6.10 Å². The van der Waals surface area contributed by atoms with Crippen molar-refractivity contribution >= 4 is 0 Å². The molecule has 1 rings (SSSR count). The molecule has 0 radical (unpaired) electrons. The molecule has 1 aliphatic rings. The number of hydrogen-bond acceptors (Lipinski definition) is 3. The Hall–Kier alpha value is -0.120. The van der Waals surface area contributed by atoms with E-state index in [9.17, 15) is 0 Å². The molecule has 2 unspecified atom stereocenters. The van der Waals surface area contributed by atoms with Crippen LogP contribution in [0.15, 0.2) is 0 Å². The maximum absolute atomic E-state index is 8.98. The molecule has 0 aromatic heterocycles. The molecule has 0 spiro atoms. The van der Waals surface area contributed by atoms with Crippen molar-refractivity contribution in [3.63, 3.8) is 0 Å². The van der Waals surface area contributed by atoms with Crippen LogP contribution >= 0.6 is 0 Å². The van der Waals surface area contributed by atoms with Gasteiger partial charge in [0.15, 0.2) is 0 Å². The SMILES string of the molecule is CC(O)CCCOCC1CCCO1. The predicted molar refractivity (Wildman–Crippen MR) is 50.7 cm³/mol. The fourth-order valence-corrected chi connectivity index (χ4v) is 1.47. The van der Waals surface area contributed by atoms with Gasteiger partial charge in [-0.3, -0.25) is 0 Å². The zero-order valence-electron chi connectivity index (χ0n) is 8.37. The summed E-state index contributed by atoms with van der Waals surface area (Å²) in [6, 6.07) is 0. The highest BCUT2D eigenvalue weighted by Gasteiger charge is 2.14. The van der Waals surface area contributed by atoms with Gasteiger partial charge in [0.05, 0.1) is 18.8 Å². The van der Waals surface area contributed by atoms with Crippen molar-refractivity contribution in [2.75, 3.05) is 19.8 Å². The topological polar surface area (TPSA) is 38.7 Å². The Labute approximate surface area is 80.0 Å². The van der Waals surface area contributed by atoms with E-state index in [4.69, 9.17) is 14.6 Å². The molecule has 2 atom stereocenters. The van der Waals surface area contributed by atoms with E-state index >= 15 is 0 Å². The summed E-state index contributed by atoms with van der Waals surface area (Å²) in [6.45, 7) is 4.16. The predicted octanol–water partition coefficient (Wildman–Crippen LogP) is 1.34. The Morgan fingerprint density at radius 1 is 1.62 bits per heavy atom. The molecular weight excluding hydrogens is 168 g/mol. The summed E-state index contributed by atoms with van der Waals surface area (Å²) in [5.41, 5.74) is 0. The highest BCUT2D eigenvalue weighted by atomic mass is 16.5. The van der Waals surface area contributed by atoms with Crippen LogP contribution in [-0.2, 0) is 9.47 Å². The quantitative estimate of drug-likeness (QED) is 0.639. The van der Waals surface area contributed by atoms with Gasteiger partial charge >= 0.3 is 0 Å². The van der Waals surface area contributed by atoms with Crippen LogP contribution in [-0.4, -0.2) is 37.1 Å². The van der Waals surface area contributed by atoms with Crippen LogP contribution < -0.4 is 0 Å². The lowest BCUT2D eigenvalue weighted by Gasteiger charge is -2.10. The van der Waals surface area contributed by atoms with Crippen LogP contribution in [0.3, 0.4) is 0 Å². The first-order chi connectivity index (χ1) is 6.29. The van der Waals surface area contributed by atoms with E-state index in [1.807, 2.05) is 0 Å². The van der Waals surface area contributed by atoms with Crippen molar-refractivity contribution < 1.29 is 14.6 Å². The molecule has 13 heavy (non-hydrogen) atoms. The Balaban J connectivity index is 1.83. The number of aliphatic hydroxyl groups excluding tert-OH is 1. The van der Waals surface area contributed by atoms with Gasteiger partial charge in [-0.1, -0.05) is 0 Å². The molecule has 1 heterocycles. The Morgan fingerprint density at radius 3 is 3.08 bits per heavy atom. The van der Waals surface area contributed by atoms with Gasteiger partial charge in [0, 0.05) is 13.2 Å². The van der Waals surface area contributed by atoms with Crippen molar-refractivity contribution in [1.82, 2.24) is 0 Å². The second-order valence-corrected chi connectivity index (χ2v) is 3.70. The lowest BCUT2D eigenvalue weighted by Crippen LogP contribution is -2.15. The van der Waals surface area contributed by atoms with Crippen LogP contribution in [0.5, 0.6) is 0 Å². The minimum Gasteiger partial charge on any atom is -0.393 e. The molecule has 3 heteroatoms. The third kappa shape index (κ3) is 5.24. The first-order valence-electron chi connectivity index (χ1n) is 5.16. The van der Waals surface area contributed by atoms with Gasteiger partial charge in [-0.25, -0.2) is 0 Å². The Bertz CT molecular complexity index is 119. The summed E-state index contributed by atoms with van der Waals surface area (Å²) in [7, 11) is 0. The van der Waals surface area contributed by atoms with Gasteiger partial charge in [0.25, 0.3) is 0 Å². The standard InChI is InChI=1S/C10H20O3/c1-9(11)4-2-6-12-8-10-5-3-7-13-10/h9-11H,2-8H2,1H3. The molecule has 0 aliphatic carbocycles. The van der Waals surface area contributed by atoms with Crippen LogP contribution in [0.2, 0.25) is 0 Å². The van der Waals surface area contributed by atoms with Crippen molar-refractivity contribution in [3.8, 4) is 0 Å². The number of aliphatic hydroxyl groups is 1. The Morgan fingerprint density at radius 2 is 2.46 bits per heavy atom. The van der Waals surface area contributed by atoms with E-state index < -0.39 is 0 Å². The molecule has 1 N–H and O–H groups in total. The molecule has 0 bridgehead atoms. The largest absolute Gasteiger partial charge is 0.393 e. The third-order valence-corrected chi connectivity index (χ3v) is 2.24. The fraction of sp³-hybridized carbons (Fsp3) is 1.00. The average molecular weight is 188 g/mol. The first-order valence-corrected chi connectivity index (χ1v) is 5.16. The zero-order chi connectivity index (χ0) is 9.52. The fourth-order valence-electron chi connectivity index (χ4n) is 1.47. The van der Waals surface area contributed by atoms with Gasteiger partial charge in [-0.05, 0) is 32.6 Å². The van der Waals surface area contributed by atoms with Crippen LogP contribution in [0, 0.1) is 0 Å². The van der Waals surface area contributed by atoms with E-state index in [2.05, 4.69) is 0 Å². The van der Waals surface area contributed by atoms with Crippen LogP contribution in [0.25, 0.3) is 0 Å². The van der Waals surface area contributed by atoms with Gasteiger partial charge in [-0.2, -0.15) is 0 Å². The molecule has 0 aromatic rings. The minimum atomic E-state index is -0.202. The molecule has 0 aromatic carbocycles. The lowest BCUT2D eigenvalue weighted by molar-refractivity contribution is 0.0139. The van der Waals surface area contributed by atoms with E-state index in [0.717, 1.165) is 39.1 Å². The van der Waals surface area contributed by atoms with E-state index in [1.165, 1.54) is 6.42 Å². The highest BCUT2D eigenvalue weighted by Crippen LogP contribution is 2.12. The number of rotatable bonds is 6.